The van der Waals surface area contributed by atoms with Crippen LogP contribution in [0.2, 0.25) is 0 Å². The number of amidine groups is 2. The lowest BCUT2D eigenvalue weighted by molar-refractivity contribution is -0.142. The fourth-order valence-corrected chi connectivity index (χ4v) is 1.04. The van der Waals surface area contributed by atoms with E-state index < -0.39 is 11.8 Å². The van der Waals surface area contributed by atoms with Crippen molar-refractivity contribution < 1.29 is 9.90 Å². The molecule has 2 aliphatic rings. The van der Waals surface area contributed by atoms with E-state index in [1.807, 2.05) is 0 Å². The molecular weight excluding hydrogens is 188 g/mol. The number of carboxylic acids is 1. The van der Waals surface area contributed by atoms with E-state index >= 15 is 0 Å². The van der Waals surface area contributed by atoms with Crippen molar-refractivity contribution in [1.29, 1.82) is 0 Å². The molecule has 0 aromatic rings. The van der Waals surface area contributed by atoms with Crippen molar-refractivity contribution in [3.05, 3.63) is 0 Å². The van der Waals surface area contributed by atoms with Gasteiger partial charge in [-0.25, -0.2) is 24.8 Å². The van der Waals surface area contributed by atoms with Crippen molar-refractivity contribution in [2.75, 3.05) is 0 Å². The topological polar surface area (TPSA) is 139 Å². The summed E-state index contributed by atoms with van der Waals surface area (Å²) in [7, 11) is 0. The highest BCUT2D eigenvalue weighted by Gasteiger charge is 2.39. The van der Waals surface area contributed by atoms with Crippen LogP contribution >= 0.6 is 0 Å². The zero-order chi connectivity index (χ0) is 10.3. The van der Waals surface area contributed by atoms with E-state index in [0.717, 1.165) is 0 Å². The third-order valence-corrected chi connectivity index (χ3v) is 1.70. The van der Waals surface area contributed by atoms with E-state index in [2.05, 4.69) is 20.0 Å². The van der Waals surface area contributed by atoms with Crippen LogP contribution in [0.1, 0.15) is 0 Å². The van der Waals surface area contributed by atoms with E-state index in [4.69, 9.17) is 16.6 Å². The van der Waals surface area contributed by atoms with Crippen molar-refractivity contribution in [1.82, 2.24) is 0 Å². The number of fused-ring (bicyclic) bond motifs is 1. The van der Waals surface area contributed by atoms with Gasteiger partial charge in [0.25, 0.3) is 0 Å². The van der Waals surface area contributed by atoms with Crippen LogP contribution in [0.25, 0.3) is 0 Å². The van der Waals surface area contributed by atoms with Gasteiger partial charge in [-0.2, -0.15) is 0 Å². The Kier molecular flexibility index (Phi) is 1.49. The summed E-state index contributed by atoms with van der Waals surface area (Å²) in [4.78, 5) is 25.3. The lowest BCUT2D eigenvalue weighted by Crippen LogP contribution is -2.51. The minimum absolute atomic E-state index is 0.0719. The predicted molar refractivity (Wildman–Crippen MR) is 49.5 cm³/mol. The summed E-state index contributed by atoms with van der Waals surface area (Å²) in [5.74, 6) is -3.45. The van der Waals surface area contributed by atoms with Crippen molar-refractivity contribution in [2.45, 2.75) is 5.79 Å². The molecule has 0 aromatic heterocycles. The molecule has 8 nitrogen and oxygen atoms in total. The Bertz CT molecular complexity index is 434. The summed E-state index contributed by atoms with van der Waals surface area (Å²) in [6.45, 7) is 0. The normalized spacial score (nSPS) is 29.1. The lowest BCUT2D eigenvalue weighted by atomic mass is 10.2. The van der Waals surface area contributed by atoms with Crippen LogP contribution in [-0.2, 0) is 4.79 Å². The number of nitrogens with two attached hydrogens (primary N) is 2. The Morgan fingerprint density at radius 3 is 2.86 bits per heavy atom. The molecule has 0 fully saturated rings. The van der Waals surface area contributed by atoms with Gasteiger partial charge >= 0.3 is 11.8 Å². The van der Waals surface area contributed by atoms with Crippen LogP contribution in [0.15, 0.2) is 20.0 Å². The number of carboxylic acid groups (broad SMARTS) is 1. The molecule has 2 rings (SSSR count). The van der Waals surface area contributed by atoms with Gasteiger partial charge in [0.1, 0.15) is 6.34 Å². The Hall–Kier alpha value is -2.09. The fourth-order valence-electron chi connectivity index (χ4n) is 1.04. The Labute approximate surface area is 77.8 Å². The summed E-state index contributed by atoms with van der Waals surface area (Å²) < 4.78 is 0. The Morgan fingerprint density at radius 2 is 2.21 bits per heavy atom. The van der Waals surface area contributed by atoms with Gasteiger partial charge in [-0.3, -0.25) is 5.73 Å². The van der Waals surface area contributed by atoms with E-state index in [-0.39, 0.29) is 17.4 Å². The van der Waals surface area contributed by atoms with E-state index in [0.29, 0.717) is 0 Å². The first-order valence-corrected chi connectivity index (χ1v) is 3.61. The van der Waals surface area contributed by atoms with E-state index in [1.165, 1.54) is 6.34 Å². The van der Waals surface area contributed by atoms with Gasteiger partial charge in [0, 0.05) is 0 Å². The first-order chi connectivity index (χ1) is 6.53. The third kappa shape index (κ3) is 1.01. The van der Waals surface area contributed by atoms with Gasteiger partial charge in [0.15, 0.2) is 17.4 Å². The summed E-state index contributed by atoms with van der Waals surface area (Å²) in [6.07, 6.45) is 1.21. The highest BCUT2D eigenvalue weighted by atomic mass is 16.4. The molecule has 14 heavy (non-hydrogen) atoms. The first-order valence-electron chi connectivity index (χ1n) is 3.61. The molecule has 72 valence electrons. The summed E-state index contributed by atoms with van der Waals surface area (Å²) in [6, 6.07) is 0. The van der Waals surface area contributed by atoms with E-state index in [1.54, 1.807) is 0 Å². The quantitative estimate of drug-likeness (QED) is 0.441. The summed E-state index contributed by atoms with van der Waals surface area (Å²) >= 11 is 0. The van der Waals surface area contributed by atoms with Crippen LogP contribution in [0.3, 0.4) is 0 Å². The molecular formula is C6H6N6O2. The molecule has 2 heterocycles. The third-order valence-electron chi connectivity index (χ3n) is 1.70. The standard InChI is InChI=1S/C6H6N6O2/c7-3-2-4(10-1-9-2)12-6(8,11-3)5(13)14/h1H,8H2,(H2,7,11)(H,13,14). The van der Waals surface area contributed by atoms with Crippen molar-refractivity contribution in [3.63, 3.8) is 0 Å². The maximum atomic E-state index is 10.7. The minimum Gasteiger partial charge on any atom is -0.477 e. The lowest BCUT2D eigenvalue weighted by Gasteiger charge is -2.20. The molecule has 8 heteroatoms. The summed E-state index contributed by atoms with van der Waals surface area (Å²) in [5.41, 5.74) is 11.1. The number of aliphatic carboxylic acids is 1. The second-order valence-corrected chi connectivity index (χ2v) is 2.69. The van der Waals surface area contributed by atoms with Crippen LogP contribution in [0, 0.1) is 0 Å². The molecule has 0 radical (unpaired) electrons. The van der Waals surface area contributed by atoms with Crippen LogP contribution in [0.4, 0.5) is 0 Å². The largest absolute Gasteiger partial charge is 0.477 e. The molecule has 0 saturated heterocycles. The smallest absolute Gasteiger partial charge is 0.370 e. The molecule has 1 unspecified atom stereocenters. The number of hydrogen-bond donors (Lipinski definition) is 3. The molecule has 0 aromatic carbocycles. The van der Waals surface area contributed by atoms with Crippen molar-refractivity contribution >= 4 is 29.7 Å². The molecule has 0 amide bonds. The van der Waals surface area contributed by atoms with Gasteiger partial charge in [-0.1, -0.05) is 0 Å². The van der Waals surface area contributed by atoms with Gasteiger partial charge in [0.05, 0.1) is 0 Å². The number of aliphatic imine (C=N–C) groups is 4. The number of rotatable bonds is 1. The van der Waals surface area contributed by atoms with Gasteiger partial charge in [0.2, 0.25) is 0 Å². The second kappa shape index (κ2) is 2.45. The van der Waals surface area contributed by atoms with Crippen LogP contribution < -0.4 is 11.5 Å². The van der Waals surface area contributed by atoms with Gasteiger partial charge in [-0.05, 0) is 0 Å². The van der Waals surface area contributed by atoms with Crippen molar-refractivity contribution in [3.8, 4) is 0 Å². The van der Waals surface area contributed by atoms with Crippen LogP contribution in [-0.4, -0.2) is 40.6 Å². The first kappa shape index (κ1) is 8.51. The maximum Gasteiger partial charge on any atom is 0.370 e. The van der Waals surface area contributed by atoms with Gasteiger partial charge < -0.3 is 10.8 Å². The number of carbonyl (C=O) groups is 1. The molecule has 0 bridgehead atoms. The predicted octanol–water partition coefficient (Wildman–Crippen LogP) is -2.06. The minimum atomic E-state index is -2.08. The molecule has 1 atom stereocenters. The number of nitrogens with zero attached hydrogens (tertiary/aromatic N) is 4. The second-order valence-electron chi connectivity index (χ2n) is 2.69. The Morgan fingerprint density at radius 1 is 1.50 bits per heavy atom. The zero-order valence-electron chi connectivity index (χ0n) is 6.88. The molecule has 0 spiro atoms. The maximum absolute atomic E-state index is 10.7. The van der Waals surface area contributed by atoms with Crippen LogP contribution in [0.5, 0.6) is 0 Å². The average molecular weight is 194 g/mol. The van der Waals surface area contributed by atoms with Crippen molar-refractivity contribution in [2.24, 2.45) is 31.4 Å². The van der Waals surface area contributed by atoms with Gasteiger partial charge in [-0.15, -0.1) is 0 Å². The average Bonchev–Trinajstić information content (AvgIpc) is 2.51. The highest BCUT2D eigenvalue weighted by molar-refractivity contribution is 6.70. The molecule has 5 N–H and O–H groups in total. The highest BCUT2D eigenvalue weighted by Crippen LogP contribution is 2.14. The fraction of sp³-hybridized carbons (Fsp3) is 0.167. The molecule has 0 aliphatic carbocycles. The monoisotopic (exact) mass is 194 g/mol. The number of hydrogen-bond acceptors (Lipinski definition) is 7. The zero-order valence-corrected chi connectivity index (χ0v) is 6.88. The molecule has 0 saturated carbocycles. The van der Waals surface area contributed by atoms with E-state index in [9.17, 15) is 4.79 Å². The Balaban J connectivity index is 2.53. The SMILES string of the molecule is NC1=NC(N)(C(=O)O)N=C2N=CN=C12. The molecule has 2 aliphatic heterocycles. The summed E-state index contributed by atoms with van der Waals surface area (Å²) in [5, 5.41) is 8.75.